The first-order valence-corrected chi connectivity index (χ1v) is 6.39. The Kier molecular flexibility index (Phi) is 5.08. The molecule has 0 aromatic heterocycles. The Morgan fingerprint density at radius 2 is 2.12 bits per heavy atom. The van der Waals surface area contributed by atoms with E-state index in [0.717, 1.165) is 22.9 Å². The fourth-order valence-electron chi connectivity index (χ4n) is 1.51. The zero-order chi connectivity index (χ0) is 13.0. The fraction of sp³-hybridized carbons (Fsp3) is 0.500. The number of rotatable bonds is 5. The van der Waals surface area contributed by atoms with Gasteiger partial charge in [-0.1, -0.05) is 35.8 Å². The van der Waals surface area contributed by atoms with Crippen LogP contribution in [-0.2, 0) is 6.42 Å². The SMILES string of the molecule is CC(C)C(N)CCc1ccc([N+](=O)[O-])cc1Br. The Balaban J connectivity index is 2.70. The van der Waals surface area contributed by atoms with Crippen LogP contribution in [0.4, 0.5) is 5.69 Å². The summed E-state index contributed by atoms with van der Waals surface area (Å²) in [5.41, 5.74) is 7.14. The van der Waals surface area contributed by atoms with Crippen molar-refractivity contribution in [2.75, 3.05) is 0 Å². The molecule has 1 atom stereocenters. The van der Waals surface area contributed by atoms with Crippen LogP contribution in [0.5, 0.6) is 0 Å². The van der Waals surface area contributed by atoms with Crippen LogP contribution in [0.25, 0.3) is 0 Å². The third-order valence-corrected chi connectivity index (χ3v) is 3.59. The van der Waals surface area contributed by atoms with Gasteiger partial charge in [0.1, 0.15) is 0 Å². The molecule has 0 amide bonds. The molecule has 0 saturated carbocycles. The van der Waals surface area contributed by atoms with Gasteiger partial charge in [0, 0.05) is 22.6 Å². The molecule has 0 aliphatic heterocycles. The van der Waals surface area contributed by atoms with Gasteiger partial charge in [-0.15, -0.1) is 0 Å². The van der Waals surface area contributed by atoms with Crippen LogP contribution in [-0.4, -0.2) is 11.0 Å². The molecule has 17 heavy (non-hydrogen) atoms. The summed E-state index contributed by atoms with van der Waals surface area (Å²) in [5, 5.41) is 10.6. The van der Waals surface area contributed by atoms with Gasteiger partial charge in [-0.25, -0.2) is 0 Å². The maximum Gasteiger partial charge on any atom is 0.270 e. The summed E-state index contributed by atoms with van der Waals surface area (Å²) in [6.07, 6.45) is 1.71. The number of nitro benzene ring substituents is 1. The Morgan fingerprint density at radius 3 is 2.59 bits per heavy atom. The van der Waals surface area contributed by atoms with Crippen LogP contribution in [0.15, 0.2) is 22.7 Å². The summed E-state index contributed by atoms with van der Waals surface area (Å²) in [7, 11) is 0. The molecule has 1 unspecified atom stereocenters. The normalized spacial score (nSPS) is 12.8. The monoisotopic (exact) mass is 300 g/mol. The summed E-state index contributed by atoms with van der Waals surface area (Å²) in [5.74, 6) is 0.451. The van der Waals surface area contributed by atoms with Gasteiger partial charge < -0.3 is 5.73 Å². The molecular formula is C12H17BrN2O2. The third kappa shape index (κ3) is 4.09. The molecule has 0 spiro atoms. The molecule has 0 aliphatic carbocycles. The quantitative estimate of drug-likeness (QED) is 0.670. The second-order valence-corrected chi connectivity index (χ2v) is 5.33. The van der Waals surface area contributed by atoms with Gasteiger partial charge >= 0.3 is 0 Å². The lowest BCUT2D eigenvalue weighted by Gasteiger charge is -2.15. The van der Waals surface area contributed by atoms with E-state index in [1.54, 1.807) is 6.07 Å². The summed E-state index contributed by atoms with van der Waals surface area (Å²) in [6.45, 7) is 4.19. The molecule has 2 N–H and O–H groups in total. The number of hydrogen-bond donors (Lipinski definition) is 1. The highest BCUT2D eigenvalue weighted by Gasteiger charge is 2.11. The van der Waals surface area contributed by atoms with E-state index >= 15 is 0 Å². The Bertz CT molecular complexity index is 407. The number of nitrogens with two attached hydrogens (primary N) is 1. The zero-order valence-corrected chi connectivity index (χ0v) is 11.6. The van der Waals surface area contributed by atoms with Gasteiger partial charge in [-0.3, -0.25) is 10.1 Å². The first-order valence-electron chi connectivity index (χ1n) is 5.60. The minimum atomic E-state index is -0.394. The predicted octanol–water partition coefficient (Wildman–Crippen LogP) is 3.27. The maximum absolute atomic E-state index is 10.6. The van der Waals surface area contributed by atoms with E-state index in [0.29, 0.717) is 5.92 Å². The number of halogens is 1. The molecule has 1 aromatic rings. The number of benzene rings is 1. The van der Waals surface area contributed by atoms with Crippen LogP contribution in [0.2, 0.25) is 0 Å². The van der Waals surface area contributed by atoms with E-state index in [-0.39, 0.29) is 11.7 Å². The minimum Gasteiger partial charge on any atom is -0.327 e. The van der Waals surface area contributed by atoms with E-state index in [4.69, 9.17) is 5.73 Å². The number of hydrogen-bond acceptors (Lipinski definition) is 3. The van der Waals surface area contributed by atoms with Gasteiger partial charge in [0.2, 0.25) is 0 Å². The fourth-order valence-corrected chi connectivity index (χ4v) is 2.07. The van der Waals surface area contributed by atoms with Crippen molar-refractivity contribution in [2.24, 2.45) is 11.7 Å². The van der Waals surface area contributed by atoms with Gasteiger partial charge in [0.25, 0.3) is 5.69 Å². The van der Waals surface area contributed by atoms with E-state index in [9.17, 15) is 10.1 Å². The molecule has 4 nitrogen and oxygen atoms in total. The third-order valence-electron chi connectivity index (χ3n) is 2.85. The summed E-state index contributed by atoms with van der Waals surface area (Å²) >= 11 is 3.36. The van der Waals surface area contributed by atoms with E-state index in [2.05, 4.69) is 29.8 Å². The maximum atomic E-state index is 10.6. The molecule has 0 heterocycles. The summed E-state index contributed by atoms with van der Waals surface area (Å²) < 4.78 is 0.780. The highest BCUT2D eigenvalue weighted by atomic mass is 79.9. The summed E-state index contributed by atoms with van der Waals surface area (Å²) in [4.78, 5) is 10.2. The first kappa shape index (κ1) is 14.1. The number of non-ortho nitro benzene ring substituents is 1. The topological polar surface area (TPSA) is 69.2 Å². The molecule has 94 valence electrons. The van der Waals surface area contributed by atoms with Gasteiger partial charge in [0.15, 0.2) is 0 Å². The van der Waals surface area contributed by atoms with Gasteiger partial charge in [-0.05, 0) is 24.3 Å². The molecule has 5 heteroatoms. The molecular weight excluding hydrogens is 284 g/mol. The molecule has 1 rings (SSSR count). The number of nitro groups is 1. The van der Waals surface area contributed by atoms with Crippen LogP contribution in [0, 0.1) is 16.0 Å². The molecule has 0 bridgehead atoms. The molecule has 1 aromatic carbocycles. The van der Waals surface area contributed by atoms with E-state index in [1.165, 1.54) is 12.1 Å². The lowest BCUT2D eigenvalue weighted by molar-refractivity contribution is -0.384. The van der Waals surface area contributed by atoms with Gasteiger partial charge in [-0.2, -0.15) is 0 Å². The standard InChI is InChI=1S/C12H17BrN2O2/c1-8(2)12(14)6-4-9-3-5-10(15(16)17)7-11(9)13/h3,5,7-8,12H,4,6,14H2,1-2H3. The molecule has 0 radical (unpaired) electrons. The first-order chi connectivity index (χ1) is 7.91. The smallest absolute Gasteiger partial charge is 0.270 e. The van der Waals surface area contributed by atoms with Crippen LogP contribution < -0.4 is 5.73 Å². The lowest BCUT2D eigenvalue weighted by atomic mass is 9.97. The Hall–Kier alpha value is -0.940. The van der Waals surface area contributed by atoms with Crippen molar-refractivity contribution >= 4 is 21.6 Å². The second kappa shape index (κ2) is 6.12. The molecule has 0 fully saturated rings. The number of nitrogens with zero attached hydrogens (tertiary/aromatic N) is 1. The highest BCUT2D eigenvalue weighted by molar-refractivity contribution is 9.10. The van der Waals surface area contributed by atoms with Crippen LogP contribution in [0.3, 0.4) is 0 Å². The van der Waals surface area contributed by atoms with E-state index in [1.807, 2.05) is 0 Å². The van der Waals surface area contributed by atoms with Crippen molar-refractivity contribution < 1.29 is 4.92 Å². The highest BCUT2D eigenvalue weighted by Crippen LogP contribution is 2.24. The van der Waals surface area contributed by atoms with Crippen molar-refractivity contribution in [3.8, 4) is 0 Å². The number of aryl methyl sites for hydroxylation is 1. The lowest BCUT2D eigenvalue weighted by Crippen LogP contribution is -2.26. The van der Waals surface area contributed by atoms with E-state index < -0.39 is 4.92 Å². The van der Waals surface area contributed by atoms with Crippen molar-refractivity contribution in [2.45, 2.75) is 32.7 Å². The second-order valence-electron chi connectivity index (χ2n) is 4.48. The van der Waals surface area contributed by atoms with Crippen LogP contribution in [0.1, 0.15) is 25.8 Å². The zero-order valence-electron chi connectivity index (χ0n) is 10.0. The predicted molar refractivity (Wildman–Crippen MR) is 71.9 cm³/mol. The average molecular weight is 301 g/mol. The average Bonchev–Trinajstić information content (AvgIpc) is 2.26. The Morgan fingerprint density at radius 1 is 1.47 bits per heavy atom. The minimum absolute atomic E-state index is 0.105. The largest absolute Gasteiger partial charge is 0.327 e. The van der Waals surface area contributed by atoms with Crippen molar-refractivity contribution in [1.29, 1.82) is 0 Å². The van der Waals surface area contributed by atoms with Crippen LogP contribution >= 0.6 is 15.9 Å². The summed E-state index contributed by atoms with van der Waals surface area (Å²) in [6, 6.07) is 5.02. The Labute approximate surface area is 109 Å². The molecule has 0 aliphatic rings. The van der Waals surface area contributed by atoms with Crippen molar-refractivity contribution in [3.05, 3.63) is 38.3 Å². The van der Waals surface area contributed by atoms with Crippen molar-refractivity contribution in [1.82, 2.24) is 0 Å². The van der Waals surface area contributed by atoms with Crippen molar-refractivity contribution in [3.63, 3.8) is 0 Å². The molecule has 0 saturated heterocycles. The van der Waals surface area contributed by atoms with Gasteiger partial charge in [0.05, 0.1) is 4.92 Å².